The van der Waals surface area contributed by atoms with Gasteiger partial charge in [0.05, 0.1) is 0 Å². The summed E-state index contributed by atoms with van der Waals surface area (Å²) in [4.78, 5) is 4.25. The van der Waals surface area contributed by atoms with E-state index in [2.05, 4.69) is 35.6 Å². The molecular weight excluding hydrogens is 220 g/mol. The van der Waals surface area contributed by atoms with E-state index in [1.165, 1.54) is 43.3 Å². The third-order valence-electron chi connectivity index (χ3n) is 4.15. The van der Waals surface area contributed by atoms with E-state index in [9.17, 15) is 0 Å². The number of piperidine rings is 1. The Kier molecular flexibility index (Phi) is 5.18. The van der Waals surface area contributed by atoms with Crippen LogP contribution in [0.4, 0.5) is 0 Å². The number of nitrogens with zero attached hydrogens (tertiary/aromatic N) is 1. The Morgan fingerprint density at radius 3 is 2.72 bits per heavy atom. The van der Waals surface area contributed by atoms with Crippen molar-refractivity contribution in [2.75, 3.05) is 20.1 Å². The second-order valence-corrected chi connectivity index (χ2v) is 5.71. The molecule has 1 N–H and O–H groups in total. The molecule has 1 aliphatic carbocycles. The molecule has 0 saturated carbocycles. The van der Waals surface area contributed by atoms with Crippen molar-refractivity contribution in [1.82, 2.24) is 5.32 Å². The summed E-state index contributed by atoms with van der Waals surface area (Å²) < 4.78 is 0. The van der Waals surface area contributed by atoms with Gasteiger partial charge in [0, 0.05) is 13.3 Å². The van der Waals surface area contributed by atoms with E-state index < -0.39 is 0 Å². The van der Waals surface area contributed by atoms with Gasteiger partial charge in [0.15, 0.2) is 0 Å². The van der Waals surface area contributed by atoms with Gasteiger partial charge < -0.3 is 5.32 Å². The van der Waals surface area contributed by atoms with E-state index in [1.54, 1.807) is 0 Å². The van der Waals surface area contributed by atoms with Gasteiger partial charge >= 0.3 is 0 Å². The molecule has 0 spiro atoms. The highest BCUT2D eigenvalue weighted by molar-refractivity contribution is 5.80. The minimum Gasteiger partial charge on any atom is -0.317 e. The van der Waals surface area contributed by atoms with Crippen molar-refractivity contribution in [2.24, 2.45) is 16.8 Å². The minimum absolute atomic E-state index is 0.704. The summed E-state index contributed by atoms with van der Waals surface area (Å²) in [5.41, 5.74) is 2.97. The molecule has 2 rings (SSSR count). The Morgan fingerprint density at radius 2 is 2.11 bits per heavy atom. The highest BCUT2D eigenvalue weighted by Crippen LogP contribution is 2.27. The van der Waals surface area contributed by atoms with Crippen molar-refractivity contribution in [3.05, 3.63) is 23.3 Å². The molecule has 0 amide bonds. The van der Waals surface area contributed by atoms with E-state index in [4.69, 9.17) is 0 Å². The fourth-order valence-electron chi connectivity index (χ4n) is 2.90. The summed E-state index contributed by atoms with van der Waals surface area (Å²) in [6.45, 7) is 4.64. The van der Waals surface area contributed by atoms with Crippen LogP contribution in [-0.4, -0.2) is 26.4 Å². The molecule has 1 unspecified atom stereocenters. The molecule has 18 heavy (non-hydrogen) atoms. The van der Waals surface area contributed by atoms with Gasteiger partial charge in [-0.15, -0.1) is 0 Å². The second kappa shape index (κ2) is 6.89. The van der Waals surface area contributed by atoms with Crippen molar-refractivity contribution < 1.29 is 0 Å². The lowest BCUT2D eigenvalue weighted by Gasteiger charge is -2.24. The zero-order chi connectivity index (χ0) is 12.8. The standard InChI is InChI=1S/C16H26N2/c1-13-3-5-14(6-4-13)11-16(12-17-2)15-7-9-18-10-8-15/h5,11-13,15,18H,3-4,6-10H2,1-2H3/b16-11+,17-12?. The van der Waals surface area contributed by atoms with Crippen molar-refractivity contribution in [3.63, 3.8) is 0 Å². The van der Waals surface area contributed by atoms with E-state index in [0.29, 0.717) is 5.92 Å². The first-order valence-electron chi connectivity index (χ1n) is 7.33. The Bertz CT molecular complexity index is 346. The first-order valence-corrected chi connectivity index (χ1v) is 7.33. The number of nitrogens with one attached hydrogen (secondary N) is 1. The van der Waals surface area contributed by atoms with Gasteiger partial charge in [-0.1, -0.05) is 24.6 Å². The first kappa shape index (κ1) is 13.5. The van der Waals surface area contributed by atoms with Crippen LogP contribution in [0.15, 0.2) is 28.3 Å². The molecule has 1 heterocycles. The van der Waals surface area contributed by atoms with E-state index >= 15 is 0 Å². The van der Waals surface area contributed by atoms with E-state index in [1.807, 2.05) is 7.05 Å². The Hall–Kier alpha value is -0.890. The summed E-state index contributed by atoms with van der Waals surface area (Å²) in [6, 6.07) is 0. The molecule has 1 aliphatic heterocycles. The molecule has 1 fully saturated rings. The quantitative estimate of drug-likeness (QED) is 0.759. The monoisotopic (exact) mass is 246 g/mol. The minimum atomic E-state index is 0.704. The Balaban J connectivity index is 2.08. The molecule has 0 aromatic carbocycles. The van der Waals surface area contributed by atoms with Gasteiger partial charge in [-0.25, -0.2) is 0 Å². The lowest BCUT2D eigenvalue weighted by molar-refractivity contribution is 0.428. The van der Waals surface area contributed by atoms with Crippen molar-refractivity contribution >= 4 is 6.21 Å². The average molecular weight is 246 g/mol. The fourth-order valence-corrected chi connectivity index (χ4v) is 2.90. The Morgan fingerprint density at radius 1 is 1.33 bits per heavy atom. The molecule has 2 heteroatoms. The van der Waals surface area contributed by atoms with Gasteiger partial charge in [-0.3, -0.25) is 4.99 Å². The summed E-state index contributed by atoms with van der Waals surface area (Å²) in [5.74, 6) is 1.57. The summed E-state index contributed by atoms with van der Waals surface area (Å²) >= 11 is 0. The van der Waals surface area contributed by atoms with Crippen LogP contribution >= 0.6 is 0 Å². The fraction of sp³-hybridized carbons (Fsp3) is 0.688. The van der Waals surface area contributed by atoms with Gasteiger partial charge in [0.1, 0.15) is 0 Å². The van der Waals surface area contributed by atoms with E-state index in [0.717, 1.165) is 19.0 Å². The molecule has 2 aliphatic rings. The molecule has 1 atom stereocenters. The predicted molar refractivity (Wildman–Crippen MR) is 79.2 cm³/mol. The van der Waals surface area contributed by atoms with Crippen LogP contribution in [0, 0.1) is 11.8 Å². The number of rotatable bonds is 3. The van der Waals surface area contributed by atoms with Crippen LogP contribution in [0.25, 0.3) is 0 Å². The van der Waals surface area contributed by atoms with Gasteiger partial charge in [0.2, 0.25) is 0 Å². The maximum Gasteiger partial charge on any atom is 0.0277 e. The molecule has 2 nitrogen and oxygen atoms in total. The maximum atomic E-state index is 4.25. The molecule has 0 bridgehead atoms. The lowest BCUT2D eigenvalue weighted by atomic mass is 9.86. The number of hydrogen-bond donors (Lipinski definition) is 1. The summed E-state index contributed by atoms with van der Waals surface area (Å²) in [6.07, 6.45) is 13.2. The van der Waals surface area contributed by atoms with E-state index in [-0.39, 0.29) is 0 Å². The third-order valence-corrected chi connectivity index (χ3v) is 4.15. The van der Waals surface area contributed by atoms with Crippen LogP contribution in [-0.2, 0) is 0 Å². The van der Waals surface area contributed by atoms with Crippen molar-refractivity contribution in [1.29, 1.82) is 0 Å². The van der Waals surface area contributed by atoms with Crippen LogP contribution in [0.3, 0.4) is 0 Å². The van der Waals surface area contributed by atoms with Crippen LogP contribution in [0.5, 0.6) is 0 Å². The van der Waals surface area contributed by atoms with Crippen molar-refractivity contribution in [3.8, 4) is 0 Å². The van der Waals surface area contributed by atoms with Crippen LogP contribution in [0.1, 0.15) is 39.0 Å². The summed E-state index contributed by atoms with van der Waals surface area (Å²) in [5, 5.41) is 3.43. The molecule has 0 radical (unpaired) electrons. The van der Waals surface area contributed by atoms with Crippen LogP contribution < -0.4 is 5.32 Å². The smallest absolute Gasteiger partial charge is 0.0277 e. The largest absolute Gasteiger partial charge is 0.317 e. The molecular formula is C16H26N2. The van der Waals surface area contributed by atoms with Crippen LogP contribution in [0.2, 0.25) is 0 Å². The topological polar surface area (TPSA) is 24.4 Å². The number of hydrogen-bond acceptors (Lipinski definition) is 2. The third kappa shape index (κ3) is 3.81. The lowest BCUT2D eigenvalue weighted by Crippen LogP contribution is -2.29. The zero-order valence-corrected chi connectivity index (χ0v) is 11.8. The first-order chi connectivity index (χ1) is 8.79. The average Bonchev–Trinajstić information content (AvgIpc) is 2.42. The number of aliphatic imine (C=N–C) groups is 1. The molecule has 0 aromatic rings. The maximum absolute atomic E-state index is 4.25. The molecule has 0 aromatic heterocycles. The second-order valence-electron chi connectivity index (χ2n) is 5.71. The number of allylic oxidation sites excluding steroid dienone is 4. The SMILES string of the molecule is CN=C/C(=C\C1=CCC(C)CC1)C1CCNCC1. The predicted octanol–water partition coefficient (Wildman–Crippen LogP) is 3.36. The highest BCUT2D eigenvalue weighted by atomic mass is 14.9. The van der Waals surface area contributed by atoms with Gasteiger partial charge in [0.25, 0.3) is 0 Å². The summed E-state index contributed by atoms with van der Waals surface area (Å²) in [7, 11) is 1.88. The Labute approximate surface area is 111 Å². The zero-order valence-electron chi connectivity index (χ0n) is 11.8. The highest BCUT2D eigenvalue weighted by Gasteiger charge is 2.17. The molecule has 1 saturated heterocycles. The van der Waals surface area contributed by atoms with Gasteiger partial charge in [-0.05, 0) is 62.6 Å². The molecule has 100 valence electrons. The normalized spacial score (nSPS) is 27.6. The van der Waals surface area contributed by atoms with Crippen molar-refractivity contribution in [2.45, 2.75) is 39.0 Å². The van der Waals surface area contributed by atoms with Gasteiger partial charge in [-0.2, -0.15) is 0 Å².